The molecule has 0 radical (unpaired) electrons. The lowest BCUT2D eigenvalue weighted by Gasteiger charge is -2.04. The summed E-state index contributed by atoms with van der Waals surface area (Å²) in [6, 6.07) is 5.72. The van der Waals surface area contributed by atoms with Crippen molar-refractivity contribution in [3.05, 3.63) is 28.2 Å². The number of rotatable bonds is 3. The second-order valence-electron chi connectivity index (χ2n) is 2.60. The number of Topliss-reactive ketones (excluding diaryl/α,β-unsaturated/α-hetero) is 1. The molecule has 0 N–H and O–H groups in total. The molecule has 0 unspecified atom stereocenters. The molecule has 0 aliphatic heterocycles. The number of carbonyl (C=O) groups is 1. The Morgan fingerprint density at radius 3 is 2.77 bits per heavy atom. The molecule has 0 aliphatic rings. The fourth-order valence-corrected chi connectivity index (χ4v) is 1.80. The van der Waals surface area contributed by atoms with Crippen molar-refractivity contribution < 1.29 is 4.79 Å². The van der Waals surface area contributed by atoms with Crippen molar-refractivity contribution in [2.24, 2.45) is 0 Å². The van der Waals surface area contributed by atoms with E-state index in [1.165, 1.54) is 0 Å². The molecule has 1 rings (SSSR count). The van der Waals surface area contributed by atoms with Crippen LogP contribution in [0.5, 0.6) is 0 Å². The highest BCUT2D eigenvalue weighted by molar-refractivity contribution is 9.10. The largest absolute Gasteiger partial charge is 0.298 e. The minimum Gasteiger partial charge on any atom is -0.298 e. The Labute approximate surface area is 99.6 Å². The smallest absolute Gasteiger partial charge is 0.147 e. The van der Waals surface area contributed by atoms with Gasteiger partial charge in [-0.3, -0.25) is 4.79 Å². The molecule has 0 bridgehead atoms. The van der Waals surface area contributed by atoms with Crippen LogP contribution in [0.1, 0.15) is 5.56 Å². The van der Waals surface area contributed by atoms with E-state index in [1.807, 2.05) is 18.2 Å². The van der Waals surface area contributed by atoms with Gasteiger partial charge >= 0.3 is 0 Å². The number of hydrogen-bond acceptors (Lipinski definition) is 2. The van der Waals surface area contributed by atoms with Gasteiger partial charge in [-0.05, 0) is 27.6 Å². The van der Waals surface area contributed by atoms with E-state index in [1.54, 1.807) is 0 Å². The first-order valence-corrected chi connectivity index (χ1v) is 6.05. The van der Waals surface area contributed by atoms with E-state index in [4.69, 9.17) is 0 Å². The Bertz CT molecular complexity index is 325. The van der Waals surface area contributed by atoms with Gasteiger partial charge in [-0.2, -0.15) is 0 Å². The molecule has 0 fully saturated rings. The van der Waals surface area contributed by atoms with Gasteiger partial charge in [0.25, 0.3) is 0 Å². The first-order chi connectivity index (χ1) is 6.15. The van der Waals surface area contributed by atoms with Gasteiger partial charge < -0.3 is 0 Å². The Morgan fingerprint density at radius 2 is 2.15 bits per heavy atom. The molecule has 13 heavy (non-hydrogen) atoms. The lowest BCUT2D eigenvalue weighted by Crippen LogP contribution is -2.04. The van der Waals surface area contributed by atoms with Gasteiger partial charge in [0.1, 0.15) is 5.78 Å². The third-order valence-electron chi connectivity index (χ3n) is 1.61. The molecular weight excluding hydrogens is 316 g/mol. The van der Waals surface area contributed by atoms with Crippen LogP contribution in [0, 0.1) is 0 Å². The number of alkyl halides is 1. The average molecular weight is 324 g/mol. The minimum absolute atomic E-state index is 0.161. The highest BCUT2D eigenvalue weighted by Crippen LogP contribution is 2.24. The second-order valence-corrected chi connectivity index (χ2v) is 4.46. The van der Waals surface area contributed by atoms with Crippen LogP contribution in [0.3, 0.4) is 0 Å². The quantitative estimate of drug-likeness (QED) is 0.667. The zero-order chi connectivity index (χ0) is 9.84. The van der Waals surface area contributed by atoms with Crippen LogP contribution in [0.15, 0.2) is 27.6 Å². The predicted molar refractivity (Wildman–Crippen MR) is 63.9 cm³/mol. The van der Waals surface area contributed by atoms with Crippen LogP contribution in [0.2, 0.25) is 0 Å². The maximum atomic E-state index is 11.1. The number of halogens is 2. The molecule has 0 atom stereocenters. The standard InChI is InChI=1S/C9H8Br2OS/c10-5-7(12)4-6-2-1-3-8(11)9(6)13/h1-3,13H,4-5H2. The van der Waals surface area contributed by atoms with Gasteiger partial charge in [-0.15, -0.1) is 12.6 Å². The van der Waals surface area contributed by atoms with Gasteiger partial charge in [-0.25, -0.2) is 0 Å². The Kier molecular flexibility index (Phi) is 4.49. The fourth-order valence-electron chi connectivity index (χ4n) is 0.962. The van der Waals surface area contributed by atoms with Gasteiger partial charge in [0.15, 0.2) is 0 Å². The van der Waals surface area contributed by atoms with E-state index >= 15 is 0 Å². The van der Waals surface area contributed by atoms with Crippen LogP contribution >= 0.6 is 44.5 Å². The van der Waals surface area contributed by atoms with Crippen molar-refractivity contribution in [2.45, 2.75) is 11.3 Å². The van der Waals surface area contributed by atoms with Crippen molar-refractivity contribution in [1.82, 2.24) is 0 Å². The van der Waals surface area contributed by atoms with Gasteiger partial charge in [0, 0.05) is 15.8 Å². The zero-order valence-corrected chi connectivity index (χ0v) is 10.8. The van der Waals surface area contributed by atoms with E-state index in [0.717, 1.165) is 14.9 Å². The monoisotopic (exact) mass is 322 g/mol. The molecule has 0 aromatic heterocycles. The Hall–Kier alpha value is 0.200. The minimum atomic E-state index is 0.161. The highest BCUT2D eigenvalue weighted by atomic mass is 79.9. The van der Waals surface area contributed by atoms with E-state index in [-0.39, 0.29) is 5.78 Å². The molecule has 0 saturated heterocycles. The number of hydrogen-bond donors (Lipinski definition) is 1. The molecule has 1 aromatic rings. The summed E-state index contributed by atoms with van der Waals surface area (Å²) >= 11 is 10.8. The molecule has 0 spiro atoms. The molecule has 0 saturated carbocycles. The van der Waals surface area contributed by atoms with Crippen molar-refractivity contribution >= 4 is 50.3 Å². The van der Waals surface area contributed by atoms with Crippen LogP contribution in [0.25, 0.3) is 0 Å². The predicted octanol–water partition coefficient (Wildman–Crippen LogP) is 3.24. The first-order valence-electron chi connectivity index (χ1n) is 3.69. The topological polar surface area (TPSA) is 17.1 Å². The normalized spacial score (nSPS) is 10.1. The molecule has 0 amide bonds. The summed E-state index contributed by atoms with van der Waals surface area (Å²) in [7, 11) is 0. The second kappa shape index (κ2) is 5.17. The highest BCUT2D eigenvalue weighted by Gasteiger charge is 2.06. The molecule has 1 aromatic carbocycles. The fraction of sp³-hybridized carbons (Fsp3) is 0.222. The van der Waals surface area contributed by atoms with Crippen molar-refractivity contribution in [2.75, 3.05) is 5.33 Å². The summed E-state index contributed by atoms with van der Waals surface area (Å²) in [5.74, 6) is 0.161. The molecule has 4 heteroatoms. The van der Waals surface area contributed by atoms with E-state index in [2.05, 4.69) is 44.5 Å². The summed E-state index contributed by atoms with van der Waals surface area (Å²) in [4.78, 5) is 12.0. The van der Waals surface area contributed by atoms with E-state index < -0.39 is 0 Å². The van der Waals surface area contributed by atoms with Crippen molar-refractivity contribution in [3.8, 4) is 0 Å². The van der Waals surface area contributed by atoms with Gasteiger partial charge in [0.05, 0.1) is 5.33 Å². The lowest BCUT2D eigenvalue weighted by molar-refractivity contribution is -0.115. The van der Waals surface area contributed by atoms with Crippen LogP contribution in [0.4, 0.5) is 0 Å². The summed E-state index contributed by atoms with van der Waals surface area (Å²) < 4.78 is 0.927. The third-order valence-corrected chi connectivity index (χ3v) is 3.73. The number of benzene rings is 1. The third kappa shape index (κ3) is 3.11. The van der Waals surface area contributed by atoms with Gasteiger partial charge in [-0.1, -0.05) is 28.1 Å². The summed E-state index contributed by atoms with van der Waals surface area (Å²) in [5, 5.41) is 0.396. The molecule has 1 nitrogen and oxygen atoms in total. The SMILES string of the molecule is O=C(CBr)Cc1cccc(Br)c1S. The molecule has 0 aliphatic carbocycles. The maximum Gasteiger partial charge on any atom is 0.147 e. The van der Waals surface area contributed by atoms with E-state index in [0.29, 0.717) is 11.8 Å². The summed E-state index contributed by atoms with van der Waals surface area (Å²) in [5.41, 5.74) is 0.960. The number of thiol groups is 1. The lowest BCUT2D eigenvalue weighted by atomic mass is 10.1. The zero-order valence-electron chi connectivity index (χ0n) is 6.76. The summed E-state index contributed by atoms with van der Waals surface area (Å²) in [6.45, 7) is 0. The van der Waals surface area contributed by atoms with Crippen molar-refractivity contribution in [3.63, 3.8) is 0 Å². The number of ketones is 1. The van der Waals surface area contributed by atoms with Crippen molar-refractivity contribution in [1.29, 1.82) is 0 Å². The molecule has 0 heterocycles. The maximum absolute atomic E-state index is 11.1. The molecule has 70 valence electrons. The van der Waals surface area contributed by atoms with Gasteiger partial charge in [0.2, 0.25) is 0 Å². The number of carbonyl (C=O) groups excluding carboxylic acids is 1. The van der Waals surface area contributed by atoms with Crippen LogP contribution < -0.4 is 0 Å². The van der Waals surface area contributed by atoms with Crippen LogP contribution in [-0.4, -0.2) is 11.1 Å². The van der Waals surface area contributed by atoms with E-state index in [9.17, 15) is 4.79 Å². The average Bonchev–Trinajstić information content (AvgIpc) is 2.13. The Balaban J connectivity index is 2.89. The molecular formula is C9H8Br2OS. The first kappa shape index (κ1) is 11.3. The summed E-state index contributed by atoms with van der Waals surface area (Å²) in [6.07, 6.45) is 0.434. The van der Waals surface area contributed by atoms with Crippen LogP contribution in [-0.2, 0) is 11.2 Å². The Morgan fingerprint density at radius 1 is 1.46 bits per heavy atom.